The van der Waals surface area contributed by atoms with E-state index in [2.05, 4.69) is 5.32 Å². The Morgan fingerprint density at radius 2 is 2.08 bits per heavy atom. The van der Waals surface area contributed by atoms with Gasteiger partial charge in [-0.2, -0.15) is 0 Å². The Morgan fingerprint density at radius 1 is 1.27 bits per heavy atom. The van der Waals surface area contributed by atoms with Crippen LogP contribution in [0.5, 0.6) is 5.75 Å². The first kappa shape index (κ1) is 18.7. The maximum atomic E-state index is 12.7. The number of carbonyl (C=O) groups is 2. The second kappa shape index (κ2) is 8.51. The Bertz CT molecular complexity index is 635. The van der Waals surface area contributed by atoms with E-state index < -0.39 is 11.5 Å². The summed E-state index contributed by atoms with van der Waals surface area (Å²) in [6.07, 6.45) is 3.00. The number of rotatable bonds is 7. The van der Waals surface area contributed by atoms with E-state index in [9.17, 15) is 14.7 Å². The van der Waals surface area contributed by atoms with Crippen LogP contribution in [0.4, 0.5) is 0 Å². The summed E-state index contributed by atoms with van der Waals surface area (Å²) in [4.78, 5) is 23.9. The first-order valence-corrected chi connectivity index (χ1v) is 9.03. The van der Waals surface area contributed by atoms with Crippen LogP contribution in [0.15, 0.2) is 24.3 Å². The fourth-order valence-corrected chi connectivity index (χ4v) is 3.40. The molecule has 0 radical (unpaired) electrons. The zero-order chi connectivity index (χ0) is 18.4. The monoisotopic (exact) mass is 363 g/mol. The predicted octanol–water partition coefficient (Wildman–Crippen LogP) is 2.00. The number of carbonyl (C=O) groups excluding carboxylic acids is 1. The summed E-state index contributed by atoms with van der Waals surface area (Å²) in [5.74, 6) is -0.621. The summed E-state index contributed by atoms with van der Waals surface area (Å²) in [6, 6.07) is 6.93. The summed E-state index contributed by atoms with van der Waals surface area (Å²) < 4.78 is 16.6. The van der Waals surface area contributed by atoms with E-state index in [0.717, 1.165) is 19.4 Å². The molecule has 1 aromatic carbocycles. The van der Waals surface area contributed by atoms with Gasteiger partial charge < -0.3 is 24.6 Å². The first-order valence-electron chi connectivity index (χ1n) is 9.03. The molecule has 2 fully saturated rings. The lowest BCUT2D eigenvalue weighted by molar-refractivity contribution is -0.139. The molecule has 0 aromatic heterocycles. The second-order valence-electron chi connectivity index (χ2n) is 6.89. The second-order valence-corrected chi connectivity index (χ2v) is 6.89. The minimum atomic E-state index is -0.930. The molecule has 2 aliphatic heterocycles. The lowest BCUT2D eigenvalue weighted by Gasteiger charge is -2.36. The molecule has 2 N–H and O–H groups in total. The minimum Gasteiger partial charge on any atom is -0.491 e. The molecule has 0 aliphatic carbocycles. The van der Waals surface area contributed by atoms with Crippen LogP contribution in [0.25, 0.3) is 0 Å². The highest BCUT2D eigenvalue weighted by molar-refractivity contribution is 5.95. The fraction of sp³-hybridized carbons (Fsp3) is 0.579. The number of aliphatic carboxylic acids is 1. The van der Waals surface area contributed by atoms with Gasteiger partial charge in [0.2, 0.25) is 0 Å². The van der Waals surface area contributed by atoms with Crippen molar-refractivity contribution in [1.82, 2.24) is 5.32 Å². The van der Waals surface area contributed by atoms with Crippen LogP contribution in [0.1, 0.15) is 42.5 Å². The van der Waals surface area contributed by atoms with E-state index in [1.807, 2.05) is 0 Å². The molecule has 26 heavy (non-hydrogen) atoms. The number of hydrogen-bond acceptors (Lipinski definition) is 5. The van der Waals surface area contributed by atoms with E-state index in [-0.39, 0.29) is 18.4 Å². The number of carboxylic acids is 1. The Balaban J connectivity index is 1.64. The third-order valence-corrected chi connectivity index (χ3v) is 4.87. The predicted molar refractivity (Wildman–Crippen MR) is 93.4 cm³/mol. The molecule has 1 aromatic rings. The van der Waals surface area contributed by atoms with Crippen LogP contribution in [0, 0.1) is 0 Å². The molecule has 1 unspecified atom stereocenters. The summed E-state index contributed by atoms with van der Waals surface area (Å²) in [6.45, 7) is 2.12. The molecule has 2 saturated heterocycles. The number of nitrogens with one attached hydrogen (secondary N) is 1. The largest absolute Gasteiger partial charge is 0.491 e. The molecule has 142 valence electrons. The van der Waals surface area contributed by atoms with Gasteiger partial charge in [0.25, 0.3) is 5.91 Å². The lowest BCUT2D eigenvalue weighted by Crippen LogP contribution is -2.53. The van der Waals surface area contributed by atoms with Crippen LogP contribution >= 0.6 is 0 Å². The van der Waals surface area contributed by atoms with Crippen molar-refractivity contribution in [3.05, 3.63) is 29.8 Å². The van der Waals surface area contributed by atoms with E-state index in [0.29, 0.717) is 44.0 Å². The number of ether oxygens (including phenoxy) is 3. The van der Waals surface area contributed by atoms with Gasteiger partial charge >= 0.3 is 5.97 Å². The van der Waals surface area contributed by atoms with Gasteiger partial charge in [0.15, 0.2) is 0 Å². The average molecular weight is 363 g/mol. The fourth-order valence-electron chi connectivity index (χ4n) is 3.40. The average Bonchev–Trinajstić information content (AvgIpc) is 3.14. The first-order chi connectivity index (χ1) is 12.6. The number of amides is 1. The third-order valence-electron chi connectivity index (χ3n) is 4.87. The van der Waals surface area contributed by atoms with Crippen molar-refractivity contribution in [3.63, 3.8) is 0 Å². The summed E-state index contributed by atoms with van der Waals surface area (Å²) in [5, 5.41) is 12.1. The van der Waals surface area contributed by atoms with Gasteiger partial charge in [0.1, 0.15) is 12.4 Å². The maximum Gasteiger partial charge on any atom is 0.305 e. The minimum absolute atomic E-state index is 0.105. The molecule has 3 rings (SSSR count). The highest BCUT2D eigenvalue weighted by atomic mass is 16.5. The molecule has 0 spiro atoms. The van der Waals surface area contributed by atoms with Gasteiger partial charge in [-0.25, -0.2) is 0 Å². The van der Waals surface area contributed by atoms with Crippen molar-refractivity contribution in [3.8, 4) is 5.75 Å². The summed E-state index contributed by atoms with van der Waals surface area (Å²) in [7, 11) is 0. The molecule has 7 heteroatoms. The Morgan fingerprint density at radius 3 is 2.77 bits per heavy atom. The SMILES string of the molecule is O=C(O)CC1(NC(=O)c2cccc(OCC3CCCO3)c2)CCOCC1. The van der Waals surface area contributed by atoms with Crippen molar-refractivity contribution >= 4 is 11.9 Å². The highest BCUT2D eigenvalue weighted by Gasteiger charge is 2.36. The van der Waals surface area contributed by atoms with Gasteiger partial charge in [-0.1, -0.05) is 6.07 Å². The normalized spacial score (nSPS) is 21.9. The summed E-state index contributed by atoms with van der Waals surface area (Å²) >= 11 is 0. The van der Waals surface area contributed by atoms with E-state index in [4.69, 9.17) is 14.2 Å². The zero-order valence-corrected chi connectivity index (χ0v) is 14.7. The number of hydrogen-bond donors (Lipinski definition) is 2. The van der Waals surface area contributed by atoms with E-state index in [1.54, 1.807) is 24.3 Å². The van der Waals surface area contributed by atoms with Crippen LogP contribution in [-0.2, 0) is 14.3 Å². The van der Waals surface area contributed by atoms with Crippen LogP contribution < -0.4 is 10.1 Å². The van der Waals surface area contributed by atoms with Crippen LogP contribution in [-0.4, -0.2) is 55.1 Å². The Labute approximate surface area is 152 Å². The molecule has 0 saturated carbocycles. The van der Waals surface area contributed by atoms with Gasteiger partial charge in [0, 0.05) is 25.4 Å². The van der Waals surface area contributed by atoms with Crippen molar-refractivity contribution in [2.45, 2.75) is 43.7 Å². The van der Waals surface area contributed by atoms with Crippen molar-refractivity contribution < 1.29 is 28.9 Å². The third kappa shape index (κ3) is 4.95. The van der Waals surface area contributed by atoms with Gasteiger partial charge in [-0.05, 0) is 43.9 Å². The molecule has 2 heterocycles. The molecule has 2 aliphatic rings. The number of carboxylic acid groups (broad SMARTS) is 1. The standard InChI is InChI=1S/C19H25NO6/c21-17(22)12-19(6-9-24-10-7-19)20-18(23)14-3-1-4-15(11-14)26-13-16-5-2-8-25-16/h1,3-4,11,16H,2,5-10,12-13H2,(H,20,23)(H,21,22). The van der Waals surface area contributed by atoms with Crippen molar-refractivity contribution in [2.75, 3.05) is 26.4 Å². The maximum absolute atomic E-state index is 12.7. The quantitative estimate of drug-likeness (QED) is 0.769. The smallest absolute Gasteiger partial charge is 0.305 e. The Kier molecular flexibility index (Phi) is 6.11. The van der Waals surface area contributed by atoms with Gasteiger partial charge in [-0.15, -0.1) is 0 Å². The molecule has 7 nitrogen and oxygen atoms in total. The van der Waals surface area contributed by atoms with E-state index >= 15 is 0 Å². The number of benzene rings is 1. The van der Waals surface area contributed by atoms with Crippen molar-refractivity contribution in [2.24, 2.45) is 0 Å². The highest BCUT2D eigenvalue weighted by Crippen LogP contribution is 2.26. The van der Waals surface area contributed by atoms with Crippen molar-refractivity contribution in [1.29, 1.82) is 0 Å². The zero-order valence-electron chi connectivity index (χ0n) is 14.7. The van der Waals surface area contributed by atoms with E-state index in [1.165, 1.54) is 0 Å². The molecule has 0 bridgehead atoms. The van der Waals surface area contributed by atoms with Gasteiger partial charge in [0.05, 0.1) is 18.1 Å². The van der Waals surface area contributed by atoms with Crippen LogP contribution in [0.2, 0.25) is 0 Å². The topological polar surface area (TPSA) is 94.1 Å². The van der Waals surface area contributed by atoms with Gasteiger partial charge in [-0.3, -0.25) is 9.59 Å². The molecule has 1 amide bonds. The lowest BCUT2D eigenvalue weighted by atomic mass is 9.86. The molecular weight excluding hydrogens is 338 g/mol. The molecule has 1 atom stereocenters. The Hall–Kier alpha value is -2.12. The van der Waals surface area contributed by atoms with Crippen LogP contribution in [0.3, 0.4) is 0 Å². The molecular formula is C19H25NO6. The summed E-state index contributed by atoms with van der Waals surface area (Å²) in [5.41, 5.74) is -0.318.